The zero-order valence-corrected chi connectivity index (χ0v) is 11.8. The van der Waals surface area contributed by atoms with E-state index < -0.39 is 6.10 Å². The first kappa shape index (κ1) is 13.1. The van der Waals surface area contributed by atoms with Crippen molar-refractivity contribution in [3.05, 3.63) is 77.3 Å². The number of hydrogen-bond donors (Lipinski definition) is 1. The molecule has 0 fully saturated rings. The number of benzene rings is 2. The van der Waals surface area contributed by atoms with Gasteiger partial charge in [-0.05, 0) is 0 Å². The van der Waals surface area contributed by atoms with E-state index in [1.165, 1.54) is 4.46 Å². The first-order chi connectivity index (χ1) is 8.86. The van der Waals surface area contributed by atoms with Crippen LogP contribution in [0.5, 0.6) is 0 Å². The molecule has 0 amide bonds. The van der Waals surface area contributed by atoms with E-state index in [0.29, 0.717) is 21.4 Å². The fourth-order valence-electron chi connectivity index (χ4n) is 1.62. The molecule has 0 heterocycles. The van der Waals surface area contributed by atoms with Crippen LogP contribution in [0.1, 0.15) is 18.1 Å². The molecule has 1 atom stereocenters. The number of aliphatic hydroxyl groups excluding tert-OH is 1. The predicted molar refractivity (Wildman–Crippen MR) is 77.0 cm³/mol. The number of rotatable bonds is 5. The molecule has 2 aromatic rings. The van der Waals surface area contributed by atoms with E-state index in [4.69, 9.17) is 0 Å². The molecule has 0 aliphatic rings. The molecule has 2 aromatic carbocycles. The summed E-state index contributed by atoms with van der Waals surface area (Å²) in [5, 5.41) is 9.97. The number of hydrogen-bond acceptors (Lipinski definition) is 1. The number of aliphatic hydroxyl groups is 1. The van der Waals surface area contributed by atoms with Crippen molar-refractivity contribution in [1.82, 2.24) is 0 Å². The Morgan fingerprint density at radius 2 is 1.56 bits per heavy atom. The quantitative estimate of drug-likeness (QED) is 0.842. The van der Waals surface area contributed by atoms with Gasteiger partial charge in [-0.15, -0.1) is 0 Å². The van der Waals surface area contributed by atoms with Crippen LogP contribution >= 0.6 is 0 Å². The van der Waals surface area contributed by atoms with Crippen LogP contribution in [0.3, 0.4) is 0 Å². The van der Waals surface area contributed by atoms with Gasteiger partial charge in [0, 0.05) is 0 Å². The summed E-state index contributed by atoms with van der Waals surface area (Å²) >= 11 is 0.359. The SMILES string of the molecule is OC(C/C=C/[Se]c1ccccc1)c1ccccc1. The van der Waals surface area contributed by atoms with Gasteiger partial charge in [-0.2, -0.15) is 0 Å². The maximum atomic E-state index is 9.97. The van der Waals surface area contributed by atoms with Crippen molar-refractivity contribution < 1.29 is 5.11 Å². The van der Waals surface area contributed by atoms with Gasteiger partial charge in [-0.25, -0.2) is 0 Å². The van der Waals surface area contributed by atoms with Crippen molar-refractivity contribution >= 4 is 19.4 Å². The van der Waals surface area contributed by atoms with E-state index in [2.05, 4.69) is 35.3 Å². The Bertz CT molecular complexity index is 479. The molecule has 0 aliphatic carbocycles. The Hall–Kier alpha value is -1.34. The summed E-state index contributed by atoms with van der Waals surface area (Å²) in [5.74, 6) is 0. The summed E-state index contributed by atoms with van der Waals surface area (Å²) in [6.07, 6.45) is 2.36. The molecule has 0 aliphatic heterocycles. The van der Waals surface area contributed by atoms with Gasteiger partial charge in [0.2, 0.25) is 0 Å². The first-order valence-corrected chi connectivity index (χ1v) is 7.80. The predicted octanol–water partition coefficient (Wildman–Crippen LogP) is 2.65. The van der Waals surface area contributed by atoms with Gasteiger partial charge < -0.3 is 0 Å². The average Bonchev–Trinajstić information content (AvgIpc) is 2.45. The molecule has 0 aromatic heterocycles. The molecule has 1 nitrogen and oxygen atoms in total. The molecule has 1 N–H and O–H groups in total. The van der Waals surface area contributed by atoms with E-state index in [1.807, 2.05) is 36.4 Å². The molecule has 0 saturated heterocycles. The third-order valence-electron chi connectivity index (χ3n) is 2.59. The zero-order chi connectivity index (χ0) is 12.6. The van der Waals surface area contributed by atoms with Crippen LogP contribution in [-0.2, 0) is 0 Å². The summed E-state index contributed by atoms with van der Waals surface area (Å²) in [6.45, 7) is 0. The second kappa shape index (κ2) is 7.17. The zero-order valence-electron chi connectivity index (χ0n) is 10.1. The molecule has 0 saturated carbocycles. The summed E-state index contributed by atoms with van der Waals surface area (Å²) in [6, 6.07) is 20.2. The first-order valence-electron chi connectivity index (χ1n) is 5.96. The Morgan fingerprint density at radius 3 is 2.22 bits per heavy atom. The van der Waals surface area contributed by atoms with Crippen LogP contribution in [0.2, 0.25) is 0 Å². The molecule has 2 heteroatoms. The standard InChI is InChI=1S/C16H16OSe/c17-16(14-8-3-1-4-9-14)12-7-13-18-15-10-5-2-6-11-15/h1-11,13,16-17H,12H2/b13-7+. The average molecular weight is 303 g/mol. The van der Waals surface area contributed by atoms with Gasteiger partial charge in [0.05, 0.1) is 0 Å². The van der Waals surface area contributed by atoms with Crippen LogP contribution in [0.15, 0.2) is 71.7 Å². The molecule has 1 unspecified atom stereocenters. The van der Waals surface area contributed by atoms with E-state index >= 15 is 0 Å². The Balaban J connectivity index is 1.81. The Labute approximate surface area is 114 Å². The van der Waals surface area contributed by atoms with Crippen LogP contribution in [-0.4, -0.2) is 20.1 Å². The van der Waals surface area contributed by atoms with Crippen LogP contribution < -0.4 is 4.46 Å². The molecular weight excluding hydrogens is 287 g/mol. The third-order valence-corrected chi connectivity index (χ3v) is 4.42. The summed E-state index contributed by atoms with van der Waals surface area (Å²) < 4.78 is 1.36. The molecule has 18 heavy (non-hydrogen) atoms. The summed E-state index contributed by atoms with van der Waals surface area (Å²) in [4.78, 5) is 2.18. The van der Waals surface area contributed by atoms with Gasteiger partial charge >= 0.3 is 114 Å². The van der Waals surface area contributed by atoms with Gasteiger partial charge in [0.15, 0.2) is 0 Å². The third kappa shape index (κ3) is 4.15. The molecule has 0 radical (unpaired) electrons. The van der Waals surface area contributed by atoms with Gasteiger partial charge in [0.25, 0.3) is 0 Å². The van der Waals surface area contributed by atoms with Crippen molar-refractivity contribution in [2.75, 3.05) is 0 Å². The van der Waals surface area contributed by atoms with Crippen molar-refractivity contribution in [2.24, 2.45) is 0 Å². The van der Waals surface area contributed by atoms with Crippen LogP contribution in [0.4, 0.5) is 0 Å². The van der Waals surface area contributed by atoms with Gasteiger partial charge in [-0.3, -0.25) is 0 Å². The van der Waals surface area contributed by atoms with Gasteiger partial charge in [-0.1, -0.05) is 0 Å². The van der Waals surface area contributed by atoms with E-state index in [9.17, 15) is 5.11 Å². The second-order valence-corrected chi connectivity index (χ2v) is 6.02. The Morgan fingerprint density at radius 1 is 0.944 bits per heavy atom. The monoisotopic (exact) mass is 304 g/mol. The van der Waals surface area contributed by atoms with Gasteiger partial charge in [0.1, 0.15) is 0 Å². The minimum absolute atomic E-state index is 0.359. The van der Waals surface area contributed by atoms with E-state index in [0.717, 1.165) is 5.56 Å². The fraction of sp³-hybridized carbons (Fsp3) is 0.125. The van der Waals surface area contributed by atoms with Crippen LogP contribution in [0.25, 0.3) is 0 Å². The van der Waals surface area contributed by atoms with E-state index in [-0.39, 0.29) is 0 Å². The van der Waals surface area contributed by atoms with E-state index in [1.54, 1.807) is 0 Å². The normalized spacial score (nSPS) is 12.7. The molecule has 2 rings (SSSR count). The van der Waals surface area contributed by atoms with Crippen molar-refractivity contribution in [3.8, 4) is 0 Å². The summed E-state index contributed by atoms with van der Waals surface area (Å²) in [5.41, 5.74) is 0.981. The molecular formula is C16H16OSe. The molecule has 0 bridgehead atoms. The second-order valence-electron chi connectivity index (χ2n) is 3.96. The molecule has 0 spiro atoms. The van der Waals surface area contributed by atoms with Crippen molar-refractivity contribution in [2.45, 2.75) is 12.5 Å². The molecule has 92 valence electrons. The Kier molecular flexibility index (Phi) is 5.22. The fourth-order valence-corrected chi connectivity index (χ4v) is 3.05. The van der Waals surface area contributed by atoms with Crippen molar-refractivity contribution in [1.29, 1.82) is 0 Å². The topological polar surface area (TPSA) is 20.2 Å². The minimum atomic E-state index is -0.394. The van der Waals surface area contributed by atoms with Crippen molar-refractivity contribution in [3.63, 3.8) is 0 Å². The maximum absolute atomic E-state index is 9.97. The van der Waals surface area contributed by atoms with Crippen LogP contribution in [0, 0.1) is 0 Å². The summed E-state index contributed by atoms with van der Waals surface area (Å²) in [7, 11) is 0.